The van der Waals surface area contributed by atoms with Crippen LogP contribution in [0.15, 0.2) is 6.33 Å². The van der Waals surface area contributed by atoms with E-state index in [1.807, 2.05) is 16.7 Å². The van der Waals surface area contributed by atoms with Crippen molar-refractivity contribution in [3.63, 3.8) is 0 Å². The minimum Gasteiger partial charge on any atom is -0.381 e. The van der Waals surface area contributed by atoms with Crippen LogP contribution >= 0.6 is 0 Å². The van der Waals surface area contributed by atoms with E-state index in [4.69, 9.17) is 4.74 Å². The summed E-state index contributed by atoms with van der Waals surface area (Å²) >= 11 is 0. The zero-order valence-electron chi connectivity index (χ0n) is 14.8. The summed E-state index contributed by atoms with van der Waals surface area (Å²) in [6, 6.07) is 0. The van der Waals surface area contributed by atoms with Crippen molar-refractivity contribution in [2.75, 3.05) is 32.8 Å². The molecule has 0 bridgehead atoms. The molecule has 0 unspecified atom stereocenters. The minimum atomic E-state index is -0.358. The van der Waals surface area contributed by atoms with Gasteiger partial charge in [0.05, 0.1) is 30.1 Å². The fourth-order valence-electron chi connectivity index (χ4n) is 4.62. The van der Waals surface area contributed by atoms with Crippen molar-refractivity contribution in [1.82, 2.24) is 19.8 Å². The molecule has 2 amide bonds. The monoisotopic (exact) mass is 346 g/mol. The van der Waals surface area contributed by atoms with Crippen LogP contribution in [-0.4, -0.2) is 64.4 Å². The molecule has 1 atom stereocenters. The molecule has 7 heteroatoms. The number of aromatic nitrogens is 2. The van der Waals surface area contributed by atoms with Gasteiger partial charge in [0.2, 0.25) is 11.8 Å². The van der Waals surface area contributed by atoms with Crippen LogP contribution in [0, 0.1) is 5.92 Å². The Balaban J connectivity index is 1.56. The van der Waals surface area contributed by atoms with Gasteiger partial charge in [-0.2, -0.15) is 0 Å². The predicted octanol–water partition coefficient (Wildman–Crippen LogP) is 1.06. The lowest BCUT2D eigenvalue weighted by molar-refractivity contribution is -0.145. The highest BCUT2D eigenvalue weighted by molar-refractivity contribution is 5.80. The first kappa shape index (κ1) is 16.6. The number of likely N-dealkylation sites (tertiary alicyclic amines) is 1. The zero-order valence-corrected chi connectivity index (χ0v) is 14.8. The first-order valence-corrected chi connectivity index (χ1v) is 9.35. The number of amides is 2. The van der Waals surface area contributed by atoms with Crippen LogP contribution in [0.1, 0.15) is 44.0 Å². The SMILES string of the molecule is CCC(=O)N1CCc2[nH]cnc2C12CCN(C(=O)[C@H]1CCOC1)CC2. The lowest BCUT2D eigenvalue weighted by atomic mass is 9.78. The van der Waals surface area contributed by atoms with E-state index in [1.165, 1.54) is 0 Å². The van der Waals surface area contributed by atoms with Gasteiger partial charge in [0.25, 0.3) is 0 Å². The van der Waals surface area contributed by atoms with E-state index in [0.717, 1.165) is 43.6 Å². The van der Waals surface area contributed by atoms with Gasteiger partial charge in [-0.25, -0.2) is 4.98 Å². The third-order valence-corrected chi connectivity index (χ3v) is 6.05. The van der Waals surface area contributed by atoms with Crippen LogP contribution in [0.2, 0.25) is 0 Å². The number of hydrogen-bond donors (Lipinski definition) is 1. The summed E-state index contributed by atoms with van der Waals surface area (Å²) in [5, 5.41) is 0. The summed E-state index contributed by atoms with van der Waals surface area (Å²) in [4.78, 5) is 37.1. The van der Waals surface area contributed by atoms with Gasteiger partial charge in [-0.3, -0.25) is 9.59 Å². The van der Waals surface area contributed by atoms with Gasteiger partial charge in [-0.05, 0) is 19.3 Å². The highest BCUT2D eigenvalue weighted by atomic mass is 16.5. The summed E-state index contributed by atoms with van der Waals surface area (Å²) in [6.45, 7) is 5.22. The summed E-state index contributed by atoms with van der Waals surface area (Å²) in [5.41, 5.74) is 1.80. The standard InChI is InChI=1S/C18H26N4O3/c1-2-15(23)22-7-3-14-16(20-12-19-14)18(22)5-8-21(9-6-18)17(24)13-4-10-25-11-13/h12-13H,2-11H2,1H3,(H,19,20)/t13-/m0/s1. The highest BCUT2D eigenvalue weighted by Gasteiger charge is 2.49. The molecule has 0 aromatic carbocycles. The van der Waals surface area contributed by atoms with E-state index in [1.54, 1.807) is 6.33 Å². The normalized spacial score (nSPS) is 25.2. The van der Waals surface area contributed by atoms with Crippen LogP contribution in [0.25, 0.3) is 0 Å². The molecule has 4 heterocycles. The van der Waals surface area contributed by atoms with Crippen LogP contribution in [0.5, 0.6) is 0 Å². The quantitative estimate of drug-likeness (QED) is 0.868. The minimum absolute atomic E-state index is 0.00901. The molecular weight excluding hydrogens is 320 g/mol. The Bertz CT molecular complexity index is 657. The van der Waals surface area contributed by atoms with E-state index in [9.17, 15) is 9.59 Å². The lowest BCUT2D eigenvalue weighted by Gasteiger charge is -2.50. The highest BCUT2D eigenvalue weighted by Crippen LogP contribution is 2.42. The molecule has 7 nitrogen and oxygen atoms in total. The fourth-order valence-corrected chi connectivity index (χ4v) is 4.62. The number of nitrogens with one attached hydrogen (secondary N) is 1. The molecule has 1 N–H and O–H groups in total. The molecule has 3 aliphatic rings. The molecule has 0 aliphatic carbocycles. The molecular formula is C18H26N4O3. The molecule has 1 aromatic rings. The average molecular weight is 346 g/mol. The van der Waals surface area contributed by atoms with Gasteiger partial charge in [0.1, 0.15) is 0 Å². The van der Waals surface area contributed by atoms with Crippen molar-refractivity contribution in [3.8, 4) is 0 Å². The number of hydrogen-bond acceptors (Lipinski definition) is 4. The average Bonchev–Trinajstić information content (AvgIpc) is 3.33. The molecule has 0 radical (unpaired) electrons. The number of piperidine rings is 1. The largest absolute Gasteiger partial charge is 0.381 e. The zero-order chi connectivity index (χ0) is 17.4. The van der Waals surface area contributed by atoms with Crippen molar-refractivity contribution < 1.29 is 14.3 Å². The smallest absolute Gasteiger partial charge is 0.228 e. The number of nitrogens with zero attached hydrogens (tertiary/aromatic N) is 3. The molecule has 1 aromatic heterocycles. The topological polar surface area (TPSA) is 78.5 Å². The third-order valence-electron chi connectivity index (χ3n) is 6.05. The maximum absolute atomic E-state index is 12.7. The number of carbonyl (C=O) groups is 2. The summed E-state index contributed by atoms with van der Waals surface area (Å²) < 4.78 is 5.36. The first-order chi connectivity index (χ1) is 12.2. The lowest BCUT2D eigenvalue weighted by Crippen LogP contribution is -2.59. The number of rotatable bonds is 2. The molecule has 25 heavy (non-hydrogen) atoms. The summed E-state index contributed by atoms with van der Waals surface area (Å²) in [5.74, 6) is 0.395. The van der Waals surface area contributed by atoms with Gasteiger partial charge in [0, 0.05) is 44.8 Å². The number of ether oxygens (including phenoxy) is 1. The van der Waals surface area contributed by atoms with E-state index in [2.05, 4.69) is 9.97 Å². The molecule has 0 saturated carbocycles. The van der Waals surface area contributed by atoms with Gasteiger partial charge in [-0.1, -0.05) is 6.92 Å². The molecule has 1 spiro atoms. The van der Waals surface area contributed by atoms with E-state index in [0.29, 0.717) is 32.7 Å². The van der Waals surface area contributed by atoms with Crippen molar-refractivity contribution in [2.24, 2.45) is 5.92 Å². The summed E-state index contributed by atoms with van der Waals surface area (Å²) in [7, 11) is 0. The second kappa shape index (κ2) is 6.44. The maximum atomic E-state index is 12.7. The molecule has 2 saturated heterocycles. The number of carbonyl (C=O) groups excluding carboxylic acids is 2. The Morgan fingerprint density at radius 1 is 1.36 bits per heavy atom. The Labute approximate surface area is 147 Å². The number of fused-ring (bicyclic) bond motifs is 2. The molecule has 3 aliphatic heterocycles. The molecule has 2 fully saturated rings. The Morgan fingerprint density at radius 2 is 2.16 bits per heavy atom. The summed E-state index contributed by atoms with van der Waals surface area (Å²) in [6.07, 6.45) is 5.41. The van der Waals surface area contributed by atoms with Crippen molar-refractivity contribution in [2.45, 2.75) is 44.6 Å². The van der Waals surface area contributed by atoms with Gasteiger partial charge < -0.3 is 19.5 Å². The Morgan fingerprint density at radius 3 is 2.84 bits per heavy atom. The number of aromatic amines is 1. The Kier molecular flexibility index (Phi) is 4.27. The van der Waals surface area contributed by atoms with E-state index in [-0.39, 0.29) is 23.3 Å². The van der Waals surface area contributed by atoms with E-state index < -0.39 is 0 Å². The third kappa shape index (κ3) is 2.65. The maximum Gasteiger partial charge on any atom is 0.228 e. The van der Waals surface area contributed by atoms with Crippen molar-refractivity contribution >= 4 is 11.8 Å². The first-order valence-electron chi connectivity index (χ1n) is 9.35. The van der Waals surface area contributed by atoms with Crippen molar-refractivity contribution in [1.29, 1.82) is 0 Å². The molecule has 4 rings (SSSR count). The van der Waals surface area contributed by atoms with Crippen LogP contribution in [0.4, 0.5) is 0 Å². The number of H-pyrrole nitrogens is 1. The fraction of sp³-hybridized carbons (Fsp3) is 0.722. The molecule has 136 valence electrons. The van der Waals surface area contributed by atoms with Gasteiger partial charge >= 0.3 is 0 Å². The van der Waals surface area contributed by atoms with Crippen LogP contribution in [0.3, 0.4) is 0 Å². The van der Waals surface area contributed by atoms with E-state index >= 15 is 0 Å². The van der Waals surface area contributed by atoms with Gasteiger partial charge in [-0.15, -0.1) is 0 Å². The second-order valence-electron chi connectivity index (χ2n) is 7.30. The van der Waals surface area contributed by atoms with Gasteiger partial charge in [0.15, 0.2) is 0 Å². The van der Waals surface area contributed by atoms with Crippen LogP contribution in [-0.2, 0) is 26.3 Å². The predicted molar refractivity (Wildman–Crippen MR) is 90.7 cm³/mol. The van der Waals surface area contributed by atoms with Crippen LogP contribution < -0.4 is 0 Å². The van der Waals surface area contributed by atoms with Crippen molar-refractivity contribution in [3.05, 3.63) is 17.7 Å². The number of imidazole rings is 1. The Hall–Kier alpha value is -1.89. The second-order valence-corrected chi connectivity index (χ2v) is 7.30.